The highest BCUT2D eigenvalue weighted by Crippen LogP contribution is 2.24. The van der Waals surface area contributed by atoms with Gasteiger partial charge in [-0.15, -0.1) is 12.4 Å². The van der Waals surface area contributed by atoms with Crippen molar-refractivity contribution in [3.05, 3.63) is 41.2 Å². The molecule has 1 aliphatic heterocycles. The molecular weight excluding hydrogens is 321 g/mol. The fourth-order valence-corrected chi connectivity index (χ4v) is 2.99. The molecule has 3 rings (SSSR count). The Morgan fingerprint density at radius 1 is 1.50 bits per heavy atom. The Labute approximate surface area is 142 Å². The zero-order chi connectivity index (χ0) is 14.8. The predicted octanol–water partition coefficient (Wildman–Crippen LogP) is 3.59. The van der Waals surface area contributed by atoms with Gasteiger partial charge in [0.15, 0.2) is 0 Å². The maximum atomic E-state index is 6.00. The lowest BCUT2D eigenvalue weighted by Gasteiger charge is -2.16. The van der Waals surface area contributed by atoms with Gasteiger partial charge >= 0.3 is 0 Å². The number of nitrogens with zero attached hydrogens (tertiary/aromatic N) is 2. The molecule has 1 saturated heterocycles. The lowest BCUT2D eigenvalue weighted by atomic mass is 10.0. The van der Waals surface area contributed by atoms with E-state index in [-0.39, 0.29) is 18.4 Å². The van der Waals surface area contributed by atoms with Crippen LogP contribution in [0.1, 0.15) is 19.0 Å². The molecule has 0 aliphatic carbocycles. The van der Waals surface area contributed by atoms with Crippen LogP contribution in [0.4, 0.5) is 0 Å². The second-order valence-corrected chi connectivity index (χ2v) is 6.23. The summed E-state index contributed by atoms with van der Waals surface area (Å²) in [6.45, 7) is 5.01. The van der Waals surface area contributed by atoms with Gasteiger partial charge in [0.2, 0.25) is 5.89 Å². The van der Waals surface area contributed by atoms with Gasteiger partial charge in [-0.3, -0.25) is 4.90 Å². The maximum absolute atomic E-state index is 6.00. The summed E-state index contributed by atoms with van der Waals surface area (Å²) in [6, 6.07) is 7.81. The largest absolute Gasteiger partial charge is 0.444 e. The summed E-state index contributed by atoms with van der Waals surface area (Å²) >= 11 is 6.00. The van der Waals surface area contributed by atoms with E-state index in [4.69, 9.17) is 21.8 Å². The van der Waals surface area contributed by atoms with Crippen LogP contribution in [0, 0.1) is 5.92 Å². The fourth-order valence-electron chi connectivity index (χ4n) is 2.80. The summed E-state index contributed by atoms with van der Waals surface area (Å²) in [5.74, 6) is 1.21. The molecule has 2 atom stereocenters. The first kappa shape index (κ1) is 17.3. The quantitative estimate of drug-likeness (QED) is 0.923. The van der Waals surface area contributed by atoms with Gasteiger partial charge in [-0.2, -0.15) is 0 Å². The lowest BCUT2D eigenvalue weighted by Crippen LogP contribution is -2.29. The van der Waals surface area contributed by atoms with Gasteiger partial charge in [0.25, 0.3) is 0 Å². The number of benzene rings is 1. The molecule has 4 nitrogen and oxygen atoms in total. The summed E-state index contributed by atoms with van der Waals surface area (Å²) < 4.78 is 5.57. The first-order chi connectivity index (χ1) is 10.1. The van der Waals surface area contributed by atoms with Gasteiger partial charge in [-0.25, -0.2) is 4.98 Å². The SMILES string of the molecule is CC(N)C1CCN(Cc2coc(-c3cccc(Cl)c3)n2)C1.Cl. The van der Waals surface area contributed by atoms with Crippen LogP contribution in [-0.4, -0.2) is 29.0 Å². The number of likely N-dealkylation sites (tertiary alicyclic amines) is 1. The summed E-state index contributed by atoms with van der Waals surface area (Å²) in [7, 11) is 0. The van der Waals surface area contributed by atoms with E-state index in [0.29, 0.717) is 16.8 Å². The molecular formula is C16H21Cl2N3O. The Bertz CT molecular complexity index is 615. The van der Waals surface area contributed by atoms with Gasteiger partial charge in [0, 0.05) is 29.7 Å². The van der Waals surface area contributed by atoms with Gasteiger partial charge in [0.1, 0.15) is 6.26 Å². The first-order valence-corrected chi connectivity index (χ1v) is 7.68. The number of rotatable bonds is 4. The van der Waals surface area contributed by atoms with Crippen LogP contribution >= 0.6 is 24.0 Å². The van der Waals surface area contributed by atoms with Crippen molar-refractivity contribution in [1.82, 2.24) is 9.88 Å². The van der Waals surface area contributed by atoms with Gasteiger partial charge in [-0.05, 0) is 44.0 Å². The van der Waals surface area contributed by atoms with Crippen LogP contribution < -0.4 is 5.73 Å². The summed E-state index contributed by atoms with van der Waals surface area (Å²) in [5.41, 5.74) is 7.83. The minimum Gasteiger partial charge on any atom is -0.444 e. The van der Waals surface area contributed by atoms with Crippen molar-refractivity contribution in [2.75, 3.05) is 13.1 Å². The van der Waals surface area contributed by atoms with Crippen molar-refractivity contribution in [3.8, 4) is 11.5 Å². The predicted molar refractivity (Wildman–Crippen MR) is 91.2 cm³/mol. The third-order valence-corrected chi connectivity index (χ3v) is 4.30. The van der Waals surface area contributed by atoms with Crippen LogP contribution in [0.15, 0.2) is 34.9 Å². The minimum atomic E-state index is 0. The highest BCUT2D eigenvalue weighted by molar-refractivity contribution is 6.30. The van der Waals surface area contributed by atoms with Crippen molar-refractivity contribution in [3.63, 3.8) is 0 Å². The Kier molecular flexibility index (Phi) is 5.87. The molecule has 6 heteroatoms. The van der Waals surface area contributed by atoms with Crippen LogP contribution in [0.25, 0.3) is 11.5 Å². The first-order valence-electron chi connectivity index (χ1n) is 7.30. The third-order valence-electron chi connectivity index (χ3n) is 4.06. The number of nitrogens with two attached hydrogens (primary N) is 1. The van der Waals surface area contributed by atoms with Gasteiger partial charge in [-0.1, -0.05) is 17.7 Å². The van der Waals surface area contributed by atoms with E-state index in [1.54, 1.807) is 6.26 Å². The van der Waals surface area contributed by atoms with E-state index in [2.05, 4.69) is 16.8 Å². The highest BCUT2D eigenvalue weighted by atomic mass is 35.5. The van der Waals surface area contributed by atoms with Gasteiger partial charge < -0.3 is 10.2 Å². The lowest BCUT2D eigenvalue weighted by molar-refractivity contribution is 0.305. The van der Waals surface area contributed by atoms with Crippen LogP contribution in [0.3, 0.4) is 0 Å². The average molecular weight is 342 g/mol. The number of aromatic nitrogens is 1. The zero-order valence-electron chi connectivity index (χ0n) is 12.5. The smallest absolute Gasteiger partial charge is 0.226 e. The Morgan fingerprint density at radius 3 is 3.00 bits per heavy atom. The Morgan fingerprint density at radius 2 is 2.32 bits per heavy atom. The molecule has 120 valence electrons. The molecule has 0 amide bonds. The van der Waals surface area contributed by atoms with Crippen molar-refractivity contribution >= 4 is 24.0 Å². The van der Waals surface area contributed by atoms with Crippen LogP contribution in [0.2, 0.25) is 5.02 Å². The van der Waals surface area contributed by atoms with E-state index in [1.807, 2.05) is 24.3 Å². The van der Waals surface area contributed by atoms with E-state index in [9.17, 15) is 0 Å². The normalized spacial score (nSPS) is 19.9. The molecule has 0 saturated carbocycles. The standard InChI is InChI=1S/C16H20ClN3O.ClH/c1-11(18)13-5-6-20(8-13)9-15-10-21-16(19-15)12-3-2-4-14(17)7-12;/h2-4,7,10-11,13H,5-6,8-9,18H2,1H3;1H. The van der Waals surface area contributed by atoms with E-state index in [0.717, 1.165) is 37.3 Å². The molecule has 22 heavy (non-hydrogen) atoms. The molecule has 2 unspecified atom stereocenters. The molecule has 1 aromatic carbocycles. The van der Waals surface area contributed by atoms with E-state index >= 15 is 0 Å². The second kappa shape index (κ2) is 7.47. The zero-order valence-corrected chi connectivity index (χ0v) is 14.1. The maximum Gasteiger partial charge on any atom is 0.226 e. The average Bonchev–Trinajstić information content (AvgIpc) is 3.08. The molecule has 0 bridgehead atoms. The summed E-state index contributed by atoms with van der Waals surface area (Å²) in [5, 5.41) is 0.687. The van der Waals surface area contributed by atoms with Crippen molar-refractivity contribution in [2.45, 2.75) is 25.9 Å². The van der Waals surface area contributed by atoms with E-state index < -0.39 is 0 Å². The monoisotopic (exact) mass is 341 g/mol. The second-order valence-electron chi connectivity index (χ2n) is 5.80. The van der Waals surface area contributed by atoms with Crippen LogP contribution in [0.5, 0.6) is 0 Å². The number of oxazole rings is 1. The molecule has 0 spiro atoms. The van der Waals surface area contributed by atoms with Crippen molar-refractivity contribution < 1.29 is 4.42 Å². The number of halogens is 2. The van der Waals surface area contributed by atoms with Crippen molar-refractivity contribution in [1.29, 1.82) is 0 Å². The highest BCUT2D eigenvalue weighted by Gasteiger charge is 2.25. The van der Waals surface area contributed by atoms with Crippen molar-refractivity contribution in [2.24, 2.45) is 11.7 Å². The third kappa shape index (κ3) is 4.02. The molecule has 1 aliphatic rings. The molecule has 2 aromatic rings. The Balaban J connectivity index is 0.00000176. The number of hydrogen-bond donors (Lipinski definition) is 1. The minimum absolute atomic E-state index is 0. The Hall–Kier alpha value is -1.07. The molecule has 1 fully saturated rings. The summed E-state index contributed by atoms with van der Waals surface area (Å²) in [4.78, 5) is 6.94. The topological polar surface area (TPSA) is 55.3 Å². The number of hydrogen-bond acceptors (Lipinski definition) is 4. The van der Waals surface area contributed by atoms with Crippen LogP contribution in [-0.2, 0) is 6.54 Å². The van der Waals surface area contributed by atoms with Gasteiger partial charge in [0.05, 0.1) is 5.69 Å². The molecule has 0 radical (unpaired) electrons. The van der Waals surface area contributed by atoms with E-state index in [1.165, 1.54) is 0 Å². The molecule has 2 N–H and O–H groups in total. The summed E-state index contributed by atoms with van der Waals surface area (Å²) in [6.07, 6.45) is 2.89. The fraction of sp³-hybridized carbons (Fsp3) is 0.438. The molecule has 2 heterocycles. The molecule has 1 aromatic heterocycles.